The van der Waals surface area contributed by atoms with Crippen LogP contribution < -0.4 is 4.74 Å². The highest BCUT2D eigenvalue weighted by Gasteiger charge is 2.11. The van der Waals surface area contributed by atoms with Gasteiger partial charge in [0.15, 0.2) is 5.75 Å². The summed E-state index contributed by atoms with van der Waals surface area (Å²) < 4.78 is 5.03. The fourth-order valence-electron chi connectivity index (χ4n) is 1.09. The van der Waals surface area contributed by atoms with Crippen molar-refractivity contribution in [3.63, 3.8) is 0 Å². The third-order valence-electron chi connectivity index (χ3n) is 1.91. The average Bonchev–Trinajstić information content (AvgIpc) is 2.23. The van der Waals surface area contributed by atoms with Gasteiger partial charge in [0.25, 0.3) is 0 Å². The van der Waals surface area contributed by atoms with Gasteiger partial charge in [-0.3, -0.25) is 0 Å². The lowest BCUT2D eigenvalue weighted by Gasteiger charge is -2.07. The Balaban J connectivity index is 3.13. The maximum atomic E-state index is 11.3. The van der Waals surface area contributed by atoms with Crippen molar-refractivity contribution in [3.05, 3.63) is 35.9 Å². The Labute approximate surface area is 93.3 Å². The summed E-state index contributed by atoms with van der Waals surface area (Å²) >= 11 is 0. The Morgan fingerprint density at radius 1 is 1.50 bits per heavy atom. The molecule has 0 aliphatic carbocycles. The lowest BCUT2D eigenvalue weighted by Crippen LogP contribution is -2.08. The van der Waals surface area contributed by atoms with Gasteiger partial charge in [0, 0.05) is 5.57 Å². The molecule has 0 amide bonds. The molecule has 1 rings (SSSR count). The van der Waals surface area contributed by atoms with Crippen LogP contribution in [0.3, 0.4) is 0 Å². The predicted octanol–water partition coefficient (Wildman–Crippen LogP) is 2.44. The number of benzene rings is 1. The van der Waals surface area contributed by atoms with Gasteiger partial charge in [0.2, 0.25) is 6.08 Å². The van der Waals surface area contributed by atoms with Crippen molar-refractivity contribution in [3.8, 4) is 5.75 Å². The number of hydrogen-bond donors (Lipinski definition) is 0. The number of carbonyl (C=O) groups excluding carboxylic acids is 2. The van der Waals surface area contributed by atoms with Crippen LogP contribution >= 0.6 is 0 Å². The molecule has 0 aliphatic heterocycles. The normalized spacial score (nSPS) is 9.12. The van der Waals surface area contributed by atoms with E-state index >= 15 is 0 Å². The van der Waals surface area contributed by atoms with E-state index in [2.05, 4.69) is 11.6 Å². The van der Waals surface area contributed by atoms with Crippen molar-refractivity contribution in [2.24, 2.45) is 4.99 Å². The fourth-order valence-corrected chi connectivity index (χ4v) is 1.09. The fraction of sp³-hybridized carbons (Fsp3) is 0.167. The molecule has 0 radical (unpaired) electrons. The zero-order chi connectivity index (χ0) is 12.1. The molecule has 0 bridgehead atoms. The lowest BCUT2D eigenvalue weighted by molar-refractivity contribution is -0.130. The molecule has 82 valence electrons. The number of hydrogen-bond acceptors (Lipinski definition) is 4. The highest BCUT2D eigenvalue weighted by Crippen LogP contribution is 2.30. The first-order valence-electron chi connectivity index (χ1n) is 4.61. The van der Waals surface area contributed by atoms with Crippen molar-refractivity contribution < 1.29 is 14.3 Å². The van der Waals surface area contributed by atoms with E-state index in [1.165, 1.54) is 6.08 Å². The van der Waals surface area contributed by atoms with Gasteiger partial charge in [-0.2, -0.15) is 4.99 Å². The van der Waals surface area contributed by atoms with Crippen LogP contribution in [0.2, 0.25) is 0 Å². The Hall–Kier alpha value is -2.19. The Kier molecular flexibility index (Phi) is 3.75. The number of esters is 1. The molecule has 1 aromatic rings. The smallest absolute Gasteiger partial charge is 0.338 e. The zero-order valence-electron chi connectivity index (χ0n) is 9.11. The number of ether oxygens (including phenoxy) is 1. The third-order valence-corrected chi connectivity index (χ3v) is 1.91. The molecule has 16 heavy (non-hydrogen) atoms. The highest BCUT2D eigenvalue weighted by molar-refractivity contribution is 5.89. The number of para-hydroxylation sites is 1. The number of isocyanates is 1. The second-order valence-electron chi connectivity index (χ2n) is 3.29. The minimum absolute atomic E-state index is 0.233. The molecule has 1 aromatic carbocycles. The molecule has 0 saturated heterocycles. The van der Waals surface area contributed by atoms with Crippen molar-refractivity contribution in [2.45, 2.75) is 13.8 Å². The summed E-state index contributed by atoms with van der Waals surface area (Å²) in [4.78, 5) is 25.1. The number of nitrogens with zero attached hydrogens (tertiary/aromatic N) is 1. The minimum atomic E-state index is -0.548. The molecule has 0 aromatic heterocycles. The van der Waals surface area contributed by atoms with Gasteiger partial charge in [0.1, 0.15) is 5.69 Å². The molecule has 0 N–H and O–H groups in total. The lowest BCUT2D eigenvalue weighted by atomic mass is 10.2. The van der Waals surface area contributed by atoms with E-state index in [1.807, 2.05) is 0 Å². The Bertz CT molecular complexity index is 485. The molecule has 0 unspecified atom stereocenters. The molecular formula is C12H11NO3. The molecular weight excluding hydrogens is 206 g/mol. The van der Waals surface area contributed by atoms with Crippen molar-refractivity contribution in [2.75, 3.05) is 0 Å². The first kappa shape index (κ1) is 11.9. The van der Waals surface area contributed by atoms with Crippen molar-refractivity contribution >= 4 is 17.7 Å². The van der Waals surface area contributed by atoms with Crippen LogP contribution in [0.5, 0.6) is 5.75 Å². The van der Waals surface area contributed by atoms with Gasteiger partial charge >= 0.3 is 5.97 Å². The summed E-state index contributed by atoms with van der Waals surface area (Å²) in [5.41, 5.74) is 1.32. The van der Waals surface area contributed by atoms with Gasteiger partial charge in [-0.05, 0) is 25.5 Å². The van der Waals surface area contributed by atoms with Crippen LogP contribution in [0.4, 0.5) is 5.69 Å². The monoisotopic (exact) mass is 217 g/mol. The SMILES string of the molecule is C=C(C)C(=O)Oc1cccc(C)c1N=C=O. The largest absolute Gasteiger partial charge is 0.421 e. The maximum absolute atomic E-state index is 11.3. The van der Waals surface area contributed by atoms with Crippen molar-refractivity contribution in [1.29, 1.82) is 0 Å². The first-order chi connectivity index (χ1) is 7.56. The van der Waals surface area contributed by atoms with Crippen LogP contribution in [0.1, 0.15) is 12.5 Å². The maximum Gasteiger partial charge on any atom is 0.338 e. The molecule has 4 nitrogen and oxygen atoms in total. The second-order valence-corrected chi connectivity index (χ2v) is 3.29. The van der Waals surface area contributed by atoms with E-state index in [0.29, 0.717) is 5.69 Å². The topological polar surface area (TPSA) is 55.7 Å². The van der Waals surface area contributed by atoms with Gasteiger partial charge in [-0.15, -0.1) is 0 Å². The summed E-state index contributed by atoms with van der Waals surface area (Å²) in [6.07, 6.45) is 1.43. The molecule has 4 heteroatoms. The Morgan fingerprint density at radius 2 is 2.19 bits per heavy atom. The second kappa shape index (κ2) is 5.05. The minimum Gasteiger partial charge on any atom is -0.421 e. The van der Waals surface area contributed by atoms with Crippen LogP contribution in [-0.2, 0) is 9.59 Å². The average molecular weight is 217 g/mol. The zero-order valence-corrected chi connectivity index (χ0v) is 9.11. The number of aliphatic imine (C=N–C) groups is 1. The summed E-state index contributed by atoms with van der Waals surface area (Å²) in [6.45, 7) is 6.77. The van der Waals surface area contributed by atoms with Crippen LogP contribution in [0.25, 0.3) is 0 Å². The third kappa shape index (κ3) is 2.65. The standard InChI is InChI=1S/C12H11NO3/c1-8(2)12(15)16-10-6-4-5-9(3)11(10)13-7-14/h4-6H,1H2,2-3H3. The molecule has 0 saturated carbocycles. The Morgan fingerprint density at radius 3 is 2.75 bits per heavy atom. The summed E-state index contributed by atoms with van der Waals surface area (Å²) in [6, 6.07) is 5.03. The summed E-state index contributed by atoms with van der Waals surface area (Å²) in [7, 11) is 0. The van der Waals surface area contributed by atoms with Crippen LogP contribution in [0.15, 0.2) is 35.3 Å². The molecule has 0 atom stereocenters. The van der Waals surface area contributed by atoms with Gasteiger partial charge in [0.05, 0.1) is 0 Å². The van der Waals surface area contributed by atoms with Crippen molar-refractivity contribution in [1.82, 2.24) is 0 Å². The predicted molar refractivity (Wildman–Crippen MR) is 59.4 cm³/mol. The molecule has 0 spiro atoms. The van der Waals surface area contributed by atoms with E-state index in [-0.39, 0.29) is 11.3 Å². The van der Waals surface area contributed by atoms with Gasteiger partial charge < -0.3 is 4.74 Å². The van der Waals surface area contributed by atoms with Gasteiger partial charge in [-0.25, -0.2) is 9.59 Å². The number of rotatable bonds is 3. The first-order valence-corrected chi connectivity index (χ1v) is 4.61. The summed E-state index contributed by atoms with van der Waals surface area (Å²) in [5, 5.41) is 0. The van der Waals surface area contributed by atoms with Gasteiger partial charge in [-0.1, -0.05) is 18.7 Å². The molecule has 0 heterocycles. The molecule has 0 aliphatic rings. The quantitative estimate of drug-likeness (QED) is 0.257. The molecule has 0 fully saturated rings. The van der Waals surface area contributed by atoms with Crippen LogP contribution in [0, 0.1) is 6.92 Å². The van der Waals surface area contributed by atoms with E-state index in [4.69, 9.17) is 4.74 Å². The summed E-state index contributed by atoms with van der Waals surface area (Å²) in [5.74, 6) is -0.315. The highest BCUT2D eigenvalue weighted by atomic mass is 16.5. The van der Waals surface area contributed by atoms with E-state index in [9.17, 15) is 9.59 Å². The van der Waals surface area contributed by atoms with E-state index in [0.717, 1.165) is 5.56 Å². The number of aryl methyl sites for hydroxylation is 1. The van der Waals surface area contributed by atoms with Crippen LogP contribution in [-0.4, -0.2) is 12.0 Å². The van der Waals surface area contributed by atoms with E-state index in [1.54, 1.807) is 32.0 Å². The van der Waals surface area contributed by atoms with E-state index < -0.39 is 5.97 Å². The number of carbonyl (C=O) groups is 1.